The number of aryl methyl sites for hydroxylation is 1. The number of nitro benzene ring substituents is 1. The van der Waals surface area contributed by atoms with Gasteiger partial charge in [0.2, 0.25) is 0 Å². The summed E-state index contributed by atoms with van der Waals surface area (Å²) in [6.45, 7) is 5.38. The molecule has 2 aromatic rings. The van der Waals surface area contributed by atoms with Crippen LogP contribution in [-0.4, -0.2) is 29.1 Å². The number of ether oxygens (including phenoxy) is 1. The van der Waals surface area contributed by atoms with Gasteiger partial charge in [0.05, 0.1) is 10.5 Å². The molecule has 26 heavy (non-hydrogen) atoms. The monoisotopic (exact) mass is 359 g/mol. The summed E-state index contributed by atoms with van der Waals surface area (Å²) in [5, 5.41) is 15.2. The van der Waals surface area contributed by atoms with Crippen molar-refractivity contribution in [2.24, 2.45) is 5.92 Å². The van der Waals surface area contributed by atoms with Crippen LogP contribution in [0.15, 0.2) is 28.8 Å². The highest BCUT2D eigenvalue weighted by molar-refractivity contribution is 5.91. The van der Waals surface area contributed by atoms with Crippen LogP contribution < -0.4 is 4.90 Å². The molecule has 8 heteroatoms. The van der Waals surface area contributed by atoms with Gasteiger partial charge in [-0.3, -0.25) is 10.1 Å². The fourth-order valence-electron chi connectivity index (χ4n) is 3.18. The first-order chi connectivity index (χ1) is 12.4. The molecule has 2 heterocycles. The van der Waals surface area contributed by atoms with E-state index in [2.05, 4.69) is 12.1 Å². The number of esters is 1. The molecule has 0 radical (unpaired) electrons. The third-order valence-electron chi connectivity index (χ3n) is 4.43. The molecule has 0 aliphatic carbocycles. The number of benzene rings is 1. The Bertz CT molecular complexity index is 817. The molecular formula is C18H21N3O5. The Morgan fingerprint density at radius 1 is 1.46 bits per heavy atom. The van der Waals surface area contributed by atoms with Gasteiger partial charge in [-0.1, -0.05) is 12.1 Å². The molecule has 1 saturated heterocycles. The van der Waals surface area contributed by atoms with Crippen LogP contribution in [0, 0.1) is 23.0 Å². The Kier molecular flexibility index (Phi) is 5.20. The highest BCUT2D eigenvalue weighted by Gasteiger charge is 2.25. The van der Waals surface area contributed by atoms with Crippen molar-refractivity contribution < 1.29 is 19.0 Å². The van der Waals surface area contributed by atoms with E-state index in [0.717, 1.165) is 25.9 Å². The predicted molar refractivity (Wildman–Crippen MR) is 94.1 cm³/mol. The largest absolute Gasteiger partial charge is 0.455 e. The Hall–Kier alpha value is -2.90. The smallest absolute Gasteiger partial charge is 0.338 e. The second kappa shape index (κ2) is 7.55. The molecule has 1 aliphatic heterocycles. The Morgan fingerprint density at radius 3 is 2.92 bits per heavy atom. The van der Waals surface area contributed by atoms with Crippen molar-refractivity contribution in [1.29, 1.82) is 0 Å². The highest BCUT2D eigenvalue weighted by Crippen LogP contribution is 2.32. The molecule has 1 aromatic heterocycles. The summed E-state index contributed by atoms with van der Waals surface area (Å²) in [4.78, 5) is 25.3. The number of anilines is 1. The minimum atomic E-state index is -0.632. The minimum Gasteiger partial charge on any atom is -0.455 e. The van der Waals surface area contributed by atoms with Gasteiger partial charge < -0.3 is 14.2 Å². The zero-order chi connectivity index (χ0) is 18.7. The van der Waals surface area contributed by atoms with Crippen LogP contribution in [0.4, 0.5) is 11.4 Å². The molecule has 1 aliphatic rings. The second-order valence-corrected chi connectivity index (χ2v) is 6.66. The van der Waals surface area contributed by atoms with Gasteiger partial charge in [0.15, 0.2) is 0 Å². The molecule has 0 bridgehead atoms. The number of carbonyl (C=O) groups excluding carboxylic acids is 1. The van der Waals surface area contributed by atoms with E-state index in [1.54, 1.807) is 25.1 Å². The maximum Gasteiger partial charge on any atom is 0.338 e. The third-order valence-corrected chi connectivity index (χ3v) is 4.43. The van der Waals surface area contributed by atoms with Crippen LogP contribution in [0.25, 0.3) is 0 Å². The maximum atomic E-state index is 12.2. The SMILES string of the molecule is Cc1cc(COC(=O)c2ccc(N3CCC[C@@H](C)C3)c([N+](=O)[O-])c2)no1. The number of hydrogen-bond acceptors (Lipinski definition) is 7. The Labute approximate surface area is 150 Å². The zero-order valence-electron chi connectivity index (χ0n) is 14.8. The average molecular weight is 359 g/mol. The van der Waals surface area contributed by atoms with Crippen molar-refractivity contribution in [3.8, 4) is 0 Å². The minimum absolute atomic E-state index is 0.0463. The molecule has 0 amide bonds. The molecule has 0 spiro atoms. The first kappa shape index (κ1) is 17.9. The number of aromatic nitrogens is 1. The van der Waals surface area contributed by atoms with Gasteiger partial charge in [-0.05, 0) is 37.8 Å². The van der Waals surface area contributed by atoms with Gasteiger partial charge in [-0.15, -0.1) is 0 Å². The van der Waals surface area contributed by atoms with Crippen molar-refractivity contribution in [2.45, 2.75) is 33.3 Å². The van der Waals surface area contributed by atoms with E-state index in [9.17, 15) is 14.9 Å². The summed E-state index contributed by atoms with van der Waals surface area (Å²) >= 11 is 0. The van der Waals surface area contributed by atoms with Crippen molar-refractivity contribution in [3.63, 3.8) is 0 Å². The lowest BCUT2D eigenvalue weighted by Gasteiger charge is -2.32. The van der Waals surface area contributed by atoms with Gasteiger partial charge in [0.25, 0.3) is 5.69 Å². The third kappa shape index (κ3) is 4.01. The van der Waals surface area contributed by atoms with E-state index in [4.69, 9.17) is 9.26 Å². The molecule has 1 atom stereocenters. The quantitative estimate of drug-likeness (QED) is 0.458. The molecule has 0 saturated carbocycles. The van der Waals surface area contributed by atoms with Crippen molar-refractivity contribution in [1.82, 2.24) is 5.16 Å². The summed E-state index contributed by atoms with van der Waals surface area (Å²) in [6, 6.07) is 6.15. The summed E-state index contributed by atoms with van der Waals surface area (Å²) < 4.78 is 10.1. The van der Waals surface area contributed by atoms with Crippen LogP contribution in [0.3, 0.4) is 0 Å². The second-order valence-electron chi connectivity index (χ2n) is 6.66. The molecule has 138 valence electrons. The zero-order valence-corrected chi connectivity index (χ0v) is 14.8. The van der Waals surface area contributed by atoms with E-state index >= 15 is 0 Å². The Morgan fingerprint density at radius 2 is 2.27 bits per heavy atom. The van der Waals surface area contributed by atoms with Crippen molar-refractivity contribution >= 4 is 17.3 Å². The molecular weight excluding hydrogens is 338 g/mol. The number of nitrogens with zero attached hydrogens (tertiary/aromatic N) is 3. The molecule has 1 aromatic carbocycles. The normalized spacial score (nSPS) is 17.2. The van der Waals surface area contributed by atoms with E-state index in [1.165, 1.54) is 6.07 Å². The maximum absolute atomic E-state index is 12.2. The summed E-state index contributed by atoms with van der Waals surface area (Å²) in [5.41, 5.74) is 1.10. The first-order valence-electron chi connectivity index (χ1n) is 8.56. The lowest BCUT2D eigenvalue weighted by atomic mass is 9.99. The Balaban J connectivity index is 1.77. The van der Waals surface area contributed by atoms with E-state index in [1.807, 2.05) is 4.90 Å². The topological polar surface area (TPSA) is 98.7 Å². The van der Waals surface area contributed by atoms with E-state index in [-0.39, 0.29) is 17.9 Å². The van der Waals surface area contributed by atoms with E-state index < -0.39 is 10.9 Å². The predicted octanol–water partition coefficient (Wildman–Crippen LogP) is 3.48. The number of nitro groups is 1. The van der Waals surface area contributed by atoms with Gasteiger partial charge in [0.1, 0.15) is 23.7 Å². The van der Waals surface area contributed by atoms with Crippen LogP contribution in [0.1, 0.15) is 41.6 Å². The summed E-state index contributed by atoms with van der Waals surface area (Å²) in [6.07, 6.45) is 2.12. The van der Waals surface area contributed by atoms with Crippen molar-refractivity contribution in [3.05, 3.63) is 51.4 Å². The fourth-order valence-corrected chi connectivity index (χ4v) is 3.18. The fraction of sp³-hybridized carbons (Fsp3) is 0.444. The average Bonchev–Trinajstić information content (AvgIpc) is 3.04. The summed E-state index contributed by atoms with van der Waals surface area (Å²) in [7, 11) is 0. The number of carbonyl (C=O) groups is 1. The first-order valence-corrected chi connectivity index (χ1v) is 8.56. The van der Waals surface area contributed by atoms with E-state index in [0.29, 0.717) is 23.1 Å². The molecule has 8 nitrogen and oxygen atoms in total. The van der Waals surface area contributed by atoms with Crippen LogP contribution in [0.5, 0.6) is 0 Å². The van der Waals surface area contributed by atoms with Gasteiger partial charge in [-0.2, -0.15) is 0 Å². The summed E-state index contributed by atoms with van der Waals surface area (Å²) in [5.74, 6) is 0.470. The lowest BCUT2D eigenvalue weighted by molar-refractivity contribution is -0.384. The van der Waals surface area contributed by atoms with Crippen molar-refractivity contribution in [2.75, 3.05) is 18.0 Å². The van der Waals surface area contributed by atoms with Gasteiger partial charge in [0, 0.05) is 25.2 Å². The molecule has 0 unspecified atom stereocenters. The molecule has 3 rings (SSSR count). The number of piperidine rings is 1. The van der Waals surface area contributed by atoms with Gasteiger partial charge >= 0.3 is 5.97 Å². The molecule has 1 fully saturated rings. The molecule has 0 N–H and O–H groups in total. The lowest BCUT2D eigenvalue weighted by Crippen LogP contribution is -2.34. The number of hydrogen-bond donors (Lipinski definition) is 0. The standard InChI is InChI=1S/C18H21N3O5/c1-12-4-3-7-20(10-12)16-6-5-14(9-17(16)21(23)24)18(22)25-11-15-8-13(2)26-19-15/h5-6,8-9,12H,3-4,7,10-11H2,1-2H3/t12-/m1/s1. The van der Waals surface area contributed by atoms with Crippen LogP contribution >= 0.6 is 0 Å². The van der Waals surface area contributed by atoms with Crippen LogP contribution in [-0.2, 0) is 11.3 Å². The van der Waals surface area contributed by atoms with Crippen LogP contribution in [0.2, 0.25) is 0 Å². The van der Waals surface area contributed by atoms with Gasteiger partial charge in [-0.25, -0.2) is 4.79 Å². The number of rotatable bonds is 5. The highest BCUT2D eigenvalue weighted by atomic mass is 16.6.